The highest BCUT2D eigenvalue weighted by molar-refractivity contribution is 6.33. The summed E-state index contributed by atoms with van der Waals surface area (Å²) in [5.74, 6) is 0.0980. The monoisotopic (exact) mass is 333 g/mol. The molecule has 0 aromatic carbocycles. The average molecular weight is 334 g/mol. The summed E-state index contributed by atoms with van der Waals surface area (Å²) in [5.41, 5.74) is 11.0. The molecule has 7 nitrogen and oxygen atoms in total. The second-order valence-corrected chi connectivity index (χ2v) is 5.29. The molecule has 0 radical (unpaired) electrons. The Hall–Kier alpha value is -2.28. The molecule has 0 spiro atoms. The van der Waals surface area contributed by atoms with Gasteiger partial charge in [-0.15, -0.1) is 5.10 Å². The van der Waals surface area contributed by atoms with Gasteiger partial charge in [-0.25, -0.2) is 4.68 Å². The number of fused-ring (bicyclic) bond motifs is 1. The zero-order valence-corrected chi connectivity index (χ0v) is 14.7. The molecule has 3 aromatic heterocycles. The lowest BCUT2D eigenvalue weighted by molar-refractivity contribution is 0.649. The number of aromatic nitrogens is 6. The highest BCUT2D eigenvalue weighted by Gasteiger charge is 2.14. The maximum absolute atomic E-state index is 5.99. The number of hydrogen-bond acceptors (Lipinski definition) is 6. The van der Waals surface area contributed by atoms with Gasteiger partial charge in [0.15, 0.2) is 16.3 Å². The molecule has 2 N–H and O–H groups in total. The van der Waals surface area contributed by atoms with E-state index in [0.29, 0.717) is 17.7 Å². The summed E-state index contributed by atoms with van der Waals surface area (Å²) in [5, 5.41) is 8.27. The van der Waals surface area contributed by atoms with Crippen molar-refractivity contribution in [3.63, 3.8) is 0 Å². The third-order valence-corrected chi connectivity index (χ3v) is 3.90. The van der Waals surface area contributed by atoms with Crippen LogP contribution in [-0.2, 0) is 6.54 Å². The van der Waals surface area contributed by atoms with Gasteiger partial charge in [0.05, 0.1) is 12.2 Å². The molecular weight excluding hydrogens is 314 g/mol. The van der Waals surface area contributed by atoms with Crippen molar-refractivity contribution >= 4 is 28.7 Å². The molecule has 0 aliphatic rings. The van der Waals surface area contributed by atoms with Crippen molar-refractivity contribution in [2.45, 2.75) is 41.2 Å². The van der Waals surface area contributed by atoms with Gasteiger partial charge >= 0.3 is 0 Å². The normalized spacial score (nSPS) is 10.5. The van der Waals surface area contributed by atoms with Crippen LogP contribution < -0.4 is 5.73 Å². The van der Waals surface area contributed by atoms with Crippen LogP contribution in [0.25, 0.3) is 11.2 Å². The summed E-state index contributed by atoms with van der Waals surface area (Å²) in [4.78, 5) is 12.5. The fourth-order valence-corrected chi connectivity index (χ4v) is 2.34. The van der Waals surface area contributed by atoms with Crippen LogP contribution >= 0.6 is 11.6 Å². The van der Waals surface area contributed by atoms with Crippen molar-refractivity contribution in [3.8, 4) is 0 Å². The molecule has 0 saturated heterocycles. The highest BCUT2D eigenvalue weighted by Crippen LogP contribution is 2.20. The van der Waals surface area contributed by atoms with Gasteiger partial charge < -0.3 is 5.73 Å². The van der Waals surface area contributed by atoms with E-state index in [0.717, 1.165) is 16.8 Å². The van der Waals surface area contributed by atoms with Gasteiger partial charge in [-0.3, -0.25) is 4.98 Å². The van der Waals surface area contributed by atoms with Crippen molar-refractivity contribution in [2.75, 3.05) is 5.73 Å². The zero-order valence-electron chi connectivity index (χ0n) is 13.9. The molecule has 3 heterocycles. The maximum atomic E-state index is 5.99. The topological polar surface area (TPSA) is 95.4 Å². The Morgan fingerprint density at radius 2 is 1.83 bits per heavy atom. The van der Waals surface area contributed by atoms with Crippen LogP contribution in [0.5, 0.6) is 0 Å². The van der Waals surface area contributed by atoms with Crippen LogP contribution in [0.1, 0.15) is 36.2 Å². The second kappa shape index (κ2) is 6.87. The molecule has 0 saturated carbocycles. The third kappa shape index (κ3) is 3.24. The van der Waals surface area contributed by atoms with Gasteiger partial charge in [0.1, 0.15) is 0 Å². The van der Waals surface area contributed by atoms with E-state index in [1.807, 2.05) is 33.9 Å². The number of pyridine rings is 1. The van der Waals surface area contributed by atoms with Crippen molar-refractivity contribution in [1.29, 1.82) is 0 Å². The average Bonchev–Trinajstić information content (AvgIpc) is 2.93. The number of anilines is 1. The molecule has 8 heteroatoms. The summed E-state index contributed by atoms with van der Waals surface area (Å²) >= 11 is 5.99. The molecule has 3 rings (SSSR count). The van der Waals surface area contributed by atoms with E-state index in [1.54, 1.807) is 4.68 Å². The predicted molar refractivity (Wildman–Crippen MR) is 91.4 cm³/mol. The fourth-order valence-electron chi connectivity index (χ4n) is 2.13. The summed E-state index contributed by atoms with van der Waals surface area (Å²) in [6.07, 6.45) is 1.85. The Balaban J connectivity index is 0.000000924. The Morgan fingerprint density at radius 1 is 1.13 bits per heavy atom. The molecule has 23 heavy (non-hydrogen) atoms. The van der Waals surface area contributed by atoms with Gasteiger partial charge in [0, 0.05) is 6.20 Å². The molecule has 0 atom stereocenters. The minimum atomic E-state index is 0.0980. The minimum Gasteiger partial charge on any atom is -0.368 e. The van der Waals surface area contributed by atoms with Crippen LogP contribution in [0, 0.1) is 20.8 Å². The van der Waals surface area contributed by atoms with E-state index in [-0.39, 0.29) is 11.1 Å². The summed E-state index contributed by atoms with van der Waals surface area (Å²) < 4.78 is 1.63. The number of nitrogen functional groups attached to an aromatic ring is 1. The largest absolute Gasteiger partial charge is 0.368 e. The van der Waals surface area contributed by atoms with Crippen LogP contribution in [0.15, 0.2) is 6.20 Å². The number of aryl methyl sites for hydroxylation is 1. The van der Waals surface area contributed by atoms with Gasteiger partial charge in [-0.05, 0) is 37.5 Å². The van der Waals surface area contributed by atoms with E-state index < -0.39 is 0 Å². The predicted octanol–water partition coefficient (Wildman–Crippen LogP) is 2.85. The van der Waals surface area contributed by atoms with E-state index in [2.05, 4.69) is 32.2 Å². The standard InChI is InChI=1S/C13H14ClN7.C2H6/c1-6-4-16-9(8(3)7(6)2)5-21-12-10(19-20-21)11(14)17-13(15)18-12;1-2/h4H,5H2,1-3H3,(H2,15,17,18);1-2H3. The number of hydrogen-bond donors (Lipinski definition) is 1. The van der Waals surface area contributed by atoms with Gasteiger partial charge in [0.25, 0.3) is 0 Å². The fraction of sp³-hybridized carbons (Fsp3) is 0.400. The van der Waals surface area contributed by atoms with Crippen LogP contribution in [-0.4, -0.2) is 29.9 Å². The summed E-state index contributed by atoms with van der Waals surface area (Å²) in [7, 11) is 0. The number of halogens is 1. The van der Waals surface area contributed by atoms with E-state index in [1.165, 1.54) is 5.56 Å². The molecular formula is C15H20ClN7. The Morgan fingerprint density at radius 3 is 2.52 bits per heavy atom. The molecule has 0 aliphatic carbocycles. The van der Waals surface area contributed by atoms with Gasteiger partial charge in [0.2, 0.25) is 5.95 Å². The molecule has 0 aliphatic heterocycles. The van der Waals surface area contributed by atoms with Crippen molar-refractivity contribution < 1.29 is 0 Å². The minimum absolute atomic E-state index is 0.0980. The first-order chi connectivity index (χ1) is 11.0. The van der Waals surface area contributed by atoms with E-state index in [9.17, 15) is 0 Å². The Kier molecular flexibility index (Phi) is 5.10. The molecule has 3 aromatic rings. The molecule has 0 bridgehead atoms. The van der Waals surface area contributed by atoms with E-state index >= 15 is 0 Å². The van der Waals surface area contributed by atoms with Crippen molar-refractivity contribution in [1.82, 2.24) is 29.9 Å². The first-order valence-electron chi connectivity index (χ1n) is 7.41. The second-order valence-electron chi connectivity index (χ2n) is 4.93. The molecule has 0 fully saturated rings. The molecule has 0 unspecified atom stereocenters. The number of nitrogens with zero attached hydrogens (tertiary/aromatic N) is 6. The number of rotatable bonds is 2. The highest BCUT2D eigenvalue weighted by atomic mass is 35.5. The lowest BCUT2D eigenvalue weighted by Crippen LogP contribution is -2.08. The van der Waals surface area contributed by atoms with Crippen LogP contribution in [0.3, 0.4) is 0 Å². The van der Waals surface area contributed by atoms with Crippen molar-refractivity contribution in [2.24, 2.45) is 0 Å². The summed E-state index contributed by atoms with van der Waals surface area (Å²) in [6.45, 7) is 10.6. The van der Waals surface area contributed by atoms with Gasteiger partial charge in [-0.1, -0.05) is 30.7 Å². The smallest absolute Gasteiger partial charge is 0.223 e. The molecule has 0 amide bonds. The van der Waals surface area contributed by atoms with Crippen LogP contribution in [0.4, 0.5) is 5.95 Å². The lowest BCUT2D eigenvalue weighted by Gasteiger charge is -2.10. The number of nitrogens with two attached hydrogens (primary N) is 1. The van der Waals surface area contributed by atoms with Crippen LogP contribution in [0.2, 0.25) is 5.15 Å². The Labute approximate surface area is 139 Å². The Bertz CT molecular complexity index is 841. The lowest BCUT2D eigenvalue weighted by atomic mass is 10.1. The SMILES string of the molecule is CC.Cc1cnc(Cn2nnc3c(Cl)nc(N)nc32)c(C)c1C. The van der Waals surface area contributed by atoms with Crippen molar-refractivity contribution in [3.05, 3.63) is 33.7 Å². The third-order valence-electron chi connectivity index (χ3n) is 3.64. The first-order valence-corrected chi connectivity index (χ1v) is 7.79. The summed E-state index contributed by atoms with van der Waals surface area (Å²) in [6, 6.07) is 0. The van der Waals surface area contributed by atoms with E-state index in [4.69, 9.17) is 17.3 Å². The first kappa shape index (κ1) is 17.1. The van der Waals surface area contributed by atoms with Gasteiger partial charge in [-0.2, -0.15) is 9.97 Å². The zero-order chi connectivity index (χ0) is 17.1. The molecule has 122 valence electrons. The maximum Gasteiger partial charge on any atom is 0.223 e. The quantitative estimate of drug-likeness (QED) is 0.724.